The Labute approximate surface area is 107 Å². The van der Waals surface area contributed by atoms with E-state index in [2.05, 4.69) is 5.32 Å². The molecule has 0 aliphatic carbocycles. The van der Waals surface area contributed by atoms with Gasteiger partial charge in [-0.05, 0) is 25.7 Å². The van der Waals surface area contributed by atoms with Gasteiger partial charge in [0.15, 0.2) is 0 Å². The van der Waals surface area contributed by atoms with Crippen LogP contribution in [-0.2, 0) is 9.53 Å². The summed E-state index contributed by atoms with van der Waals surface area (Å²) in [7, 11) is 1.61. The minimum absolute atomic E-state index is 0.284. The molecule has 0 radical (unpaired) electrons. The summed E-state index contributed by atoms with van der Waals surface area (Å²) in [5.41, 5.74) is -1.02. The summed E-state index contributed by atoms with van der Waals surface area (Å²) in [6.07, 6.45) is 2.44. The Balaban J connectivity index is 2.58. The summed E-state index contributed by atoms with van der Waals surface area (Å²) in [4.78, 5) is 24.9. The first-order valence-corrected chi connectivity index (χ1v) is 6.36. The number of aliphatic carboxylic acids is 1. The normalized spacial score (nSPS) is 23.1. The lowest BCUT2D eigenvalue weighted by molar-refractivity contribution is -0.148. The molecule has 2 amide bonds. The maximum Gasteiger partial charge on any atom is 0.329 e. The Morgan fingerprint density at radius 2 is 2.22 bits per heavy atom. The Morgan fingerprint density at radius 1 is 1.50 bits per heavy atom. The van der Waals surface area contributed by atoms with Crippen molar-refractivity contribution < 1.29 is 19.4 Å². The third-order valence-corrected chi connectivity index (χ3v) is 3.52. The van der Waals surface area contributed by atoms with Crippen molar-refractivity contribution in [2.45, 2.75) is 38.1 Å². The smallest absolute Gasteiger partial charge is 0.329 e. The summed E-state index contributed by atoms with van der Waals surface area (Å²) < 4.78 is 4.89. The zero-order valence-electron chi connectivity index (χ0n) is 11.1. The summed E-state index contributed by atoms with van der Waals surface area (Å²) >= 11 is 0. The molecule has 6 nitrogen and oxygen atoms in total. The van der Waals surface area contributed by atoms with Crippen molar-refractivity contribution in [3.05, 3.63) is 0 Å². The Bertz CT molecular complexity index is 308. The number of carboxylic acids is 1. The van der Waals surface area contributed by atoms with Gasteiger partial charge in [-0.1, -0.05) is 6.92 Å². The maximum atomic E-state index is 12.0. The van der Waals surface area contributed by atoms with Crippen LogP contribution in [0.3, 0.4) is 0 Å². The second-order valence-electron chi connectivity index (χ2n) is 4.52. The molecule has 0 aromatic heterocycles. The Kier molecular flexibility index (Phi) is 5.40. The number of methoxy groups -OCH3 is 1. The van der Waals surface area contributed by atoms with Crippen molar-refractivity contribution in [3.8, 4) is 0 Å². The molecule has 1 aliphatic heterocycles. The second-order valence-corrected chi connectivity index (χ2v) is 4.52. The van der Waals surface area contributed by atoms with Crippen LogP contribution in [0.2, 0.25) is 0 Å². The number of likely N-dealkylation sites (tertiary alicyclic amines) is 1. The van der Waals surface area contributed by atoms with Crippen LogP contribution in [0.15, 0.2) is 0 Å². The van der Waals surface area contributed by atoms with Crippen molar-refractivity contribution in [2.24, 2.45) is 0 Å². The molecule has 1 aliphatic rings. The maximum absolute atomic E-state index is 12.0. The molecular weight excluding hydrogens is 236 g/mol. The van der Waals surface area contributed by atoms with Crippen LogP contribution in [0, 0.1) is 0 Å². The minimum atomic E-state index is -1.02. The Morgan fingerprint density at radius 3 is 2.78 bits per heavy atom. The highest BCUT2D eigenvalue weighted by Crippen LogP contribution is 2.32. The number of carbonyl (C=O) groups is 2. The molecule has 18 heavy (non-hydrogen) atoms. The molecule has 1 atom stereocenters. The first-order valence-electron chi connectivity index (χ1n) is 6.36. The lowest BCUT2D eigenvalue weighted by Crippen LogP contribution is -2.55. The Hall–Kier alpha value is -1.30. The summed E-state index contributed by atoms with van der Waals surface area (Å²) in [6.45, 7) is 3.40. The van der Waals surface area contributed by atoms with Crippen LogP contribution in [-0.4, -0.2) is 54.4 Å². The van der Waals surface area contributed by atoms with Gasteiger partial charge in [0.2, 0.25) is 0 Å². The molecule has 0 spiro atoms. The van der Waals surface area contributed by atoms with Gasteiger partial charge in [-0.2, -0.15) is 0 Å². The van der Waals surface area contributed by atoms with Gasteiger partial charge in [0.05, 0.1) is 0 Å². The van der Waals surface area contributed by atoms with E-state index in [-0.39, 0.29) is 6.03 Å². The number of rotatable bonds is 6. The molecule has 0 aromatic carbocycles. The average molecular weight is 258 g/mol. The minimum Gasteiger partial charge on any atom is -0.479 e. The second kappa shape index (κ2) is 6.58. The SMILES string of the molecule is CCC1(C(=O)O)CCCN1C(=O)NCCCOC. The van der Waals surface area contributed by atoms with Gasteiger partial charge in [0.25, 0.3) is 0 Å². The van der Waals surface area contributed by atoms with Crippen LogP contribution in [0.25, 0.3) is 0 Å². The van der Waals surface area contributed by atoms with E-state index in [4.69, 9.17) is 4.74 Å². The monoisotopic (exact) mass is 258 g/mol. The van der Waals surface area contributed by atoms with Crippen molar-refractivity contribution >= 4 is 12.0 Å². The van der Waals surface area contributed by atoms with Gasteiger partial charge in [0.1, 0.15) is 5.54 Å². The van der Waals surface area contributed by atoms with E-state index < -0.39 is 11.5 Å². The third-order valence-electron chi connectivity index (χ3n) is 3.52. The van der Waals surface area contributed by atoms with E-state index >= 15 is 0 Å². The molecule has 1 unspecified atom stereocenters. The highest BCUT2D eigenvalue weighted by atomic mass is 16.5. The van der Waals surface area contributed by atoms with Gasteiger partial charge in [-0.15, -0.1) is 0 Å². The van der Waals surface area contributed by atoms with E-state index in [9.17, 15) is 14.7 Å². The topological polar surface area (TPSA) is 78.9 Å². The summed E-state index contributed by atoms with van der Waals surface area (Å²) in [6, 6.07) is -0.284. The van der Waals surface area contributed by atoms with Crippen LogP contribution in [0.5, 0.6) is 0 Å². The standard InChI is InChI=1S/C12H22N2O4/c1-3-12(10(15)16)6-4-8-14(12)11(17)13-7-5-9-18-2/h3-9H2,1-2H3,(H,13,17)(H,15,16). The van der Waals surface area contributed by atoms with Crippen molar-refractivity contribution in [1.82, 2.24) is 10.2 Å². The molecule has 104 valence electrons. The summed E-state index contributed by atoms with van der Waals surface area (Å²) in [5.74, 6) is -0.908. The van der Waals surface area contributed by atoms with E-state index in [1.54, 1.807) is 7.11 Å². The molecule has 1 saturated heterocycles. The number of hydrogen-bond acceptors (Lipinski definition) is 3. The molecular formula is C12H22N2O4. The number of nitrogens with one attached hydrogen (secondary N) is 1. The van der Waals surface area contributed by atoms with E-state index in [1.807, 2.05) is 6.92 Å². The highest BCUT2D eigenvalue weighted by Gasteiger charge is 2.48. The van der Waals surface area contributed by atoms with Crippen LogP contribution < -0.4 is 5.32 Å². The number of hydrogen-bond donors (Lipinski definition) is 2. The molecule has 0 aromatic rings. The van der Waals surface area contributed by atoms with Crippen molar-refractivity contribution in [3.63, 3.8) is 0 Å². The zero-order valence-corrected chi connectivity index (χ0v) is 11.1. The number of ether oxygens (including phenoxy) is 1. The van der Waals surface area contributed by atoms with Gasteiger partial charge in [0, 0.05) is 26.8 Å². The van der Waals surface area contributed by atoms with E-state index in [0.717, 1.165) is 12.8 Å². The van der Waals surface area contributed by atoms with E-state index in [0.29, 0.717) is 32.5 Å². The number of carbonyl (C=O) groups excluding carboxylic acids is 1. The van der Waals surface area contributed by atoms with Crippen molar-refractivity contribution in [2.75, 3.05) is 26.8 Å². The highest BCUT2D eigenvalue weighted by molar-refractivity contribution is 5.87. The first kappa shape index (κ1) is 14.8. The first-order chi connectivity index (χ1) is 8.58. The molecule has 6 heteroatoms. The molecule has 0 saturated carbocycles. The molecule has 1 heterocycles. The lowest BCUT2D eigenvalue weighted by Gasteiger charge is -2.33. The largest absolute Gasteiger partial charge is 0.479 e. The predicted molar refractivity (Wildman–Crippen MR) is 66.5 cm³/mol. The lowest BCUT2D eigenvalue weighted by atomic mass is 9.93. The average Bonchev–Trinajstić information content (AvgIpc) is 2.79. The predicted octanol–water partition coefficient (Wildman–Crippen LogP) is 1.06. The van der Waals surface area contributed by atoms with Crippen LogP contribution in [0.4, 0.5) is 4.79 Å². The number of carboxylic acid groups (broad SMARTS) is 1. The van der Waals surface area contributed by atoms with Gasteiger partial charge in [-0.3, -0.25) is 0 Å². The number of nitrogens with zero attached hydrogens (tertiary/aromatic N) is 1. The third kappa shape index (κ3) is 2.93. The van der Waals surface area contributed by atoms with Crippen molar-refractivity contribution in [1.29, 1.82) is 0 Å². The van der Waals surface area contributed by atoms with Gasteiger partial charge in [-0.25, -0.2) is 9.59 Å². The number of urea groups is 1. The quantitative estimate of drug-likeness (QED) is 0.698. The fourth-order valence-corrected chi connectivity index (χ4v) is 2.42. The van der Waals surface area contributed by atoms with Gasteiger partial charge < -0.3 is 20.1 Å². The van der Waals surface area contributed by atoms with Gasteiger partial charge >= 0.3 is 12.0 Å². The molecule has 0 bridgehead atoms. The van der Waals surface area contributed by atoms with E-state index in [1.165, 1.54) is 4.90 Å². The molecule has 2 N–H and O–H groups in total. The molecule has 1 rings (SSSR count). The fraction of sp³-hybridized carbons (Fsp3) is 0.833. The fourth-order valence-electron chi connectivity index (χ4n) is 2.42. The number of amides is 2. The van der Waals surface area contributed by atoms with Crippen LogP contribution in [0.1, 0.15) is 32.6 Å². The van der Waals surface area contributed by atoms with Crippen LogP contribution >= 0.6 is 0 Å². The molecule has 1 fully saturated rings. The summed E-state index contributed by atoms with van der Waals surface area (Å²) in [5, 5.41) is 12.1. The zero-order chi connectivity index (χ0) is 13.6.